The van der Waals surface area contributed by atoms with E-state index >= 15 is 0 Å². The molecule has 1 unspecified atom stereocenters. The highest BCUT2D eigenvalue weighted by Crippen LogP contribution is 2.42. The Morgan fingerprint density at radius 2 is 1.92 bits per heavy atom. The van der Waals surface area contributed by atoms with Crippen molar-refractivity contribution < 1.29 is 24.3 Å². The van der Waals surface area contributed by atoms with Crippen LogP contribution in [0.25, 0.3) is 0 Å². The summed E-state index contributed by atoms with van der Waals surface area (Å²) in [6, 6.07) is -1.04. The molecule has 0 saturated carbocycles. The summed E-state index contributed by atoms with van der Waals surface area (Å²) in [7, 11) is 0. The molecule has 0 aromatic carbocycles. The zero-order valence-corrected chi connectivity index (χ0v) is 14.4. The topological polar surface area (TPSA) is 147 Å². The minimum absolute atomic E-state index is 0.103. The van der Waals surface area contributed by atoms with E-state index in [4.69, 9.17) is 11.5 Å². The van der Waals surface area contributed by atoms with Gasteiger partial charge in [0, 0.05) is 32.5 Å². The fourth-order valence-electron chi connectivity index (χ4n) is 3.78. The Kier molecular flexibility index (Phi) is 5.66. The lowest BCUT2D eigenvalue weighted by Crippen LogP contribution is -2.72. The van der Waals surface area contributed by atoms with E-state index in [1.165, 1.54) is 11.8 Å². The van der Waals surface area contributed by atoms with Gasteiger partial charge in [0.1, 0.15) is 6.04 Å². The van der Waals surface area contributed by atoms with Crippen molar-refractivity contribution in [3.05, 3.63) is 0 Å². The number of amides is 4. The first-order chi connectivity index (χ1) is 11.7. The SMILES string of the molecule is C[C@@H](O)[C@@H](C(N)=O)N1CC2(CCCN(C(=O)CCCC(N)=O)C2)C1=O. The number of rotatable bonds is 7. The summed E-state index contributed by atoms with van der Waals surface area (Å²) in [4.78, 5) is 50.2. The van der Waals surface area contributed by atoms with Crippen LogP contribution in [0.1, 0.15) is 39.0 Å². The highest BCUT2D eigenvalue weighted by molar-refractivity contribution is 5.95. The molecule has 140 valence electrons. The third-order valence-electron chi connectivity index (χ3n) is 5.02. The van der Waals surface area contributed by atoms with Crippen molar-refractivity contribution >= 4 is 23.6 Å². The molecule has 2 aliphatic heterocycles. The first kappa shape index (κ1) is 19.2. The van der Waals surface area contributed by atoms with Gasteiger partial charge in [0.2, 0.25) is 23.6 Å². The monoisotopic (exact) mass is 354 g/mol. The number of aliphatic hydroxyl groups excluding tert-OH is 1. The molecule has 0 radical (unpaired) electrons. The molecule has 2 aliphatic rings. The predicted octanol–water partition coefficient (Wildman–Crippen LogP) is -1.67. The summed E-state index contributed by atoms with van der Waals surface area (Å²) in [5, 5.41) is 9.71. The zero-order valence-electron chi connectivity index (χ0n) is 14.4. The molecule has 5 N–H and O–H groups in total. The number of hydrogen-bond acceptors (Lipinski definition) is 5. The van der Waals surface area contributed by atoms with Crippen LogP contribution >= 0.6 is 0 Å². The van der Waals surface area contributed by atoms with Crippen molar-refractivity contribution in [2.24, 2.45) is 16.9 Å². The summed E-state index contributed by atoms with van der Waals surface area (Å²) in [5.74, 6) is -1.53. The van der Waals surface area contributed by atoms with Crippen LogP contribution in [0, 0.1) is 5.41 Å². The van der Waals surface area contributed by atoms with Gasteiger partial charge in [-0.15, -0.1) is 0 Å². The predicted molar refractivity (Wildman–Crippen MR) is 87.7 cm³/mol. The molecule has 2 saturated heterocycles. The molecule has 0 aliphatic carbocycles. The van der Waals surface area contributed by atoms with Crippen molar-refractivity contribution in [1.29, 1.82) is 0 Å². The summed E-state index contributed by atoms with van der Waals surface area (Å²) in [6.07, 6.45) is 1.05. The van der Waals surface area contributed by atoms with Crippen molar-refractivity contribution in [3.8, 4) is 0 Å². The van der Waals surface area contributed by atoms with Crippen LogP contribution in [-0.4, -0.2) is 70.3 Å². The number of aliphatic hydroxyl groups is 1. The van der Waals surface area contributed by atoms with Gasteiger partial charge in [-0.25, -0.2) is 0 Å². The second-order valence-corrected chi connectivity index (χ2v) is 7.04. The summed E-state index contributed by atoms with van der Waals surface area (Å²) >= 11 is 0. The number of nitrogens with two attached hydrogens (primary N) is 2. The molecule has 9 heteroatoms. The highest BCUT2D eigenvalue weighted by atomic mass is 16.3. The van der Waals surface area contributed by atoms with E-state index < -0.39 is 29.4 Å². The quantitative estimate of drug-likeness (QED) is 0.468. The summed E-state index contributed by atoms with van der Waals surface area (Å²) in [6.45, 7) is 2.58. The largest absolute Gasteiger partial charge is 0.391 e. The van der Waals surface area contributed by atoms with E-state index in [0.717, 1.165) is 0 Å². The lowest BCUT2D eigenvalue weighted by molar-refractivity contribution is -0.178. The number of nitrogens with zero attached hydrogens (tertiary/aromatic N) is 2. The molecule has 2 heterocycles. The lowest BCUT2D eigenvalue weighted by Gasteiger charge is -2.55. The van der Waals surface area contributed by atoms with Crippen LogP contribution in [0.2, 0.25) is 0 Å². The van der Waals surface area contributed by atoms with Gasteiger partial charge in [0.25, 0.3) is 0 Å². The maximum atomic E-state index is 12.7. The van der Waals surface area contributed by atoms with Crippen LogP contribution in [0.3, 0.4) is 0 Å². The van der Waals surface area contributed by atoms with Crippen LogP contribution in [0.5, 0.6) is 0 Å². The smallest absolute Gasteiger partial charge is 0.242 e. The molecule has 0 bridgehead atoms. The van der Waals surface area contributed by atoms with Crippen molar-refractivity contribution in [2.75, 3.05) is 19.6 Å². The fourth-order valence-corrected chi connectivity index (χ4v) is 3.78. The van der Waals surface area contributed by atoms with Crippen molar-refractivity contribution in [2.45, 2.75) is 51.2 Å². The van der Waals surface area contributed by atoms with Crippen molar-refractivity contribution in [3.63, 3.8) is 0 Å². The van der Waals surface area contributed by atoms with E-state index in [-0.39, 0.29) is 24.7 Å². The third kappa shape index (κ3) is 3.92. The second kappa shape index (κ2) is 7.38. The molecular formula is C16H26N4O5. The minimum atomic E-state index is -1.05. The van der Waals surface area contributed by atoms with E-state index in [1.807, 2.05) is 0 Å². The average Bonchev–Trinajstić information content (AvgIpc) is 2.53. The molecule has 25 heavy (non-hydrogen) atoms. The summed E-state index contributed by atoms with van der Waals surface area (Å²) < 4.78 is 0. The normalized spacial score (nSPS) is 25.4. The Morgan fingerprint density at radius 1 is 1.24 bits per heavy atom. The number of hydrogen-bond donors (Lipinski definition) is 3. The van der Waals surface area contributed by atoms with Gasteiger partial charge in [-0.1, -0.05) is 0 Å². The Balaban J connectivity index is 1.97. The number of β-lactam (4-membered cyclic amide) rings is 1. The number of carbonyl (C=O) groups is 4. The number of piperidine rings is 1. The second-order valence-electron chi connectivity index (χ2n) is 7.04. The maximum Gasteiger partial charge on any atom is 0.242 e. The van der Waals surface area contributed by atoms with Gasteiger partial charge in [0.15, 0.2) is 0 Å². The van der Waals surface area contributed by atoms with Gasteiger partial charge < -0.3 is 26.4 Å². The van der Waals surface area contributed by atoms with Gasteiger partial charge in [-0.3, -0.25) is 19.2 Å². The van der Waals surface area contributed by atoms with E-state index in [9.17, 15) is 24.3 Å². The molecule has 0 aromatic heterocycles. The molecule has 9 nitrogen and oxygen atoms in total. The van der Waals surface area contributed by atoms with Crippen LogP contribution < -0.4 is 11.5 Å². The number of primary amides is 2. The van der Waals surface area contributed by atoms with Crippen LogP contribution in [0.15, 0.2) is 0 Å². The first-order valence-corrected chi connectivity index (χ1v) is 8.52. The van der Waals surface area contributed by atoms with E-state index in [1.54, 1.807) is 4.90 Å². The molecule has 0 aromatic rings. The van der Waals surface area contributed by atoms with Gasteiger partial charge in [-0.2, -0.15) is 0 Å². The molecule has 3 atom stereocenters. The maximum absolute atomic E-state index is 12.7. The highest BCUT2D eigenvalue weighted by Gasteiger charge is 2.57. The standard InChI is InChI=1S/C16H26N4O5/c1-10(21)13(14(18)24)20-9-16(15(20)25)6-3-7-19(8-16)12(23)5-2-4-11(17)22/h10,13,21H,2-9H2,1H3,(H2,17,22)(H2,18,24)/t10-,13+,16?/m1/s1. The first-order valence-electron chi connectivity index (χ1n) is 8.52. The number of likely N-dealkylation sites (tertiary alicyclic amines) is 2. The summed E-state index contributed by atoms with van der Waals surface area (Å²) in [5.41, 5.74) is 9.66. The van der Waals surface area contributed by atoms with Crippen LogP contribution in [-0.2, 0) is 19.2 Å². The van der Waals surface area contributed by atoms with Crippen molar-refractivity contribution in [1.82, 2.24) is 9.80 Å². The van der Waals surface area contributed by atoms with Gasteiger partial charge in [0.05, 0.1) is 11.5 Å². The van der Waals surface area contributed by atoms with Gasteiger partial charge in [-0.05, 0) is 26.2 Å². The third-order valence-corrected chi connectivity index (χ3v) is 5.02. The fraction of sp³-hybridized carbons (Fsp3) is 0.750. The molecule has 2 fully saturated rings. The average molecular weight is 354 g/mol. The molecule has 2 rings (SSSR count). The Hall–Kier alpha value is -2.16. The Bertz CT molecular complexity index is 579. The van der Waals surface area contributed by atoms with Gasteiger partial charge >= 0.3 is 0 Å². The number of carbonyl (C=O) groups excluding carboxylic acids is 4. The Labute approximate surface area is 146 Å². The minimum Gasteiger partial charge on any atom is -0.391 e. The zero-order chi connectivity index (χ0) is 18.8. The molecule has 1 spiro atoms. The molecule has 4 amide bonds. The molecular weight excluding hydrogens is 328 g/mol. The van der Waals surface area contributed by atoms with E-state index in [2.05, 4.69) is 0 Å². The van der Waals surface area contributed by atoms with Crippen LogP contribution in [0.4, 0.5) is 0 Å². The lowest BCUT2D eigenvalue weighted by atomic mass is 9.71. The van der Waals surface area contributed by atoms with E-state index in [0.29, 0.717) is 38.9 Å². The Morgan fingerprint density at radius 3 is 2.44 bits per heavy atom.